The van der Waals surface area contributed by atoms with Crippen molar-refractivity contribution in [1.29, 1.82) is 0 Å². The first kappa shape index (κ1) is 26.3. The number of hydrogen-bond donors (Lipinski definition) is 4. The molecule has 5 atom stereocenters. The fourth-order valence-corrected chi connectivity index (χ4v) is 6.57. The van der Waals surface area contributed by atoms with Crippen molar-refractivity contribution < 1.29 is 30.0 Å². The number of rotatable bonds is 7. The molecule has 1 saturated carbocycles. The Bertz CT molecular complexity index is 951. The summed E-state index contributed by atoms with van der Waals surface area (Å²) in [6, 6.07) is 0. The molecule has 0 heterocycles. The first-order chi connectivity index (χ1) is 15.8. The number of benzene rings is 1. The van der Waals surface area contributed by atoms with Crippen molar-refractivity contribution in [3.05, 3.63) is 28.3 Å². The van der Waals surface area contributed by atoms with Gasteiger partial charge >= 0.3 is 0 Å². The monoisotopic (exact) mass is 472 g/mol. The molecule has 0 aromatic heterocycles. The number of allylic oxidation sites excluding steroid dienone is 2. The maximum atomic E-state index is 11.7. The van der Waals surface area contributed by atoms with Crippen molar-refractivity contribution in [3.8, 4) is 17.2 Å². The molecular weight excluding hydrogens is 432 g/mol. The average Bonchev–Trinajstić information content (AvgIpc) is 2.73. The standard InChI is InChI=1S/C28H40O6/c1-15(2)11-22(23-25(32)19(13-29)24(31)20(14-30)26(23)33)28(6)10-9-17-18(12-28)16(3)7-8-21(17)27(4,5)34/h12-17,21-22,31-34H,7-11H2,1-6H3/t16-,17+,21+,22-,28+/m1/s1. The second-order valence-corrected chi connectivity index (χ2v) is 11.7. The number of phenols is 3. The molecule has 6 nitrogen and oxygen atoms in total. The van der Waals surface area contributed by atoms with E-state index in [2.05, 4.69) is 33.8 Å². The van der Waals surface area contributed by atoms with E-state index < -0.39 is 28.3 Å². The first-order valence-corrected chi connectivity index (χ1v) is 12.4. The summed E-state index contributed by atoms with van der Waals surface area (Å²) < 4.78 is 0. The van der Waals surface area contributed by atoms with Gasteiger partial charge in [-0.05, 0) is 75.0 Å². The topological polar surface area (TPSA) is 115 Å². The van der Waals surface area contributed by atoms with Crippen LogP contribution >= 0.6 is 0 Å². The van der Waals surface area contributed by atoms with Gasteiger partial charge in [-0.15, -0.1) is 0 Å². The van der Waals surface area contributed by atoms with Gasteiger partial charge in [0, 0.05) is 11.5 Å². The van der Waals surface area contributed by atoms with Crippen LogP contribution in [0.5, 0.6) is 17.2 Å². The van der Waals surface area contributed by atoms with E-state index in [4.69, 9.17) is 0 Å². The van der Waals surface area contributed by atoms with E-state index >= 15 is 0 Å². The zero-order valence-electron chi connectivity index (χ0n) is 21.3. The van der Waals surface area contributed by atoms with Crippen LogP contribution in [0, 0.1) is 29.1 Å². The zero-order chi connectivity index (χ0) is 25.6. The van der Waals surface area contributed by atoms with E-state index in [1.54, 1.807) is 0 Å². The van der Waals surface area contributed by atoms with Crippen molar-refractivity contribution in [1.82, 2.24) is 0 Å². The van der Waals surface area contributed by atoms with Crippen LogP contribution < -0.4 is 0 Å². The summed E-state index contributed by atoms with van der Waals surface area (Å²) >= 11 is 0. The highest BCUT2D eigenvalue weighted by atomic mass is 16.3. The molecule has 4 N–H and O–H groups in total. The summed E-state index contributed by atoms with van der Waals surface area (Å²) in [4.78, 5) is 23.4. The van der Waals surface area contributed by atoms with Crippen molar-refractivity contribution >= 4 is 12.6 Å². The van der Waals surface area contributed by atoms with Gasteiger partial charge in [-0.1, -0.05) is 39.3 Å². The summed E-state index contributed by atoms with van der Waals surface area (Å²) in [6.07, 6.45) is 7.14. The third kappa shape index (κ3) is 4.49. The quantitative estimate of drug-likeness (QED) is 0.298. The number of carbonyl (C=O) groups excluding carboxylic acids is 2. The van der Waals surface area contributed by atoms with E-state index in [1.165, 1.54) is 5.57 Å². The van der Waals surface area contributed by atoms with E-state index in [1.807, 2.05) is 13.8 Å². The Balaban J connectivity index is 2.21. The van der Waals surface area contributed by atoms with Gasteiger partial charge in [0.05, 0.1) is 16.7 Å². The number of carbonyl (C=O) groups is 2. The Labute approximate surface area is 202 Å². The van der Waals surface area contributed by atoms with Gasteiger partial charge < -0.3 is 20.4 Å². The van der Waals surface area contributed by atoms with Crippen molar-refractivity contribution in [2.75, 3.05) is 0 Å². The largest absolute Gasteiger partial charge is 0.507 e. The molecule has 34 heavy (non-hydrogen) atoms. The Morgan fingerprint density at radius 2 is 1.59 bits per heavy atom. The van der Waals surface area contributed by atoms with Gasteiger partial charge in [0.2, 0.25) is 0 Å². The van der Waals surface area contributed by atoms with Crippen LogP contribution in [0.2, 0.25) is 0 Å². The van der Waals surface area contributed by atoms with E-state index in [0.29, 0.717) is 24.9 Å². The summed E-state index contributed by atoms with van der Waals surface area (Å²) in [5.41, 5.74) is -0.525. The summed E-state index contributed by atoms with van der Waals surface area (Å²) in [5.74, 6) is -1.000. The lowest BCUT2D eigenvalue weighted by Gasteiger charge is -2.50. The number of aldehydes is 2. The maximum Gasteiger partial charge on any atom is 0.157 e. The maximum absolute atomic E-state index is 11.7. The van der Waals surface area contributed by atoms with Gasteiger partial charge in [-0.25, -0.2) is 0 Å². The summed E-state index contributed by atoms with van der Waals surface area (Å²) in [5, 5.41) is 43.1. The highest BCUT2D eigenvalue weighted by Gasteiger charge is 2.47. The lowest BCUT2D eigenvalue weighted by molar-refractivity contribution is -0.0265. The SMILES string of the molecule is CC(C)C[C@H](c1c(O)c(C=O)c(O)c(C=O)c1O)[C@]1(C)C=C2[C@H](C)CC[C@H](C(C)(C)O)[C@H]2CC1. The summed E-state index contributed by atoms with van der Waals surface area (Å²) in [6.45, 7) is 12.2. The Morgan fingerprint density at radius 1 is 1.03 bits per heavy atom. The molecule has 2 aliphatic rings. The predicted molar refractivity (Wildman–Crippen MR) is 132 cm³/mol. The van der Waals surface area contributed by atoms with E-state index in [9.17, 15) is 30.0 Å². The molecule has 1 aromatic carbocycles. The van der Waals surface area contributed by atoms with Crippen LogP contribution in [0.1, 0.15) is 106 Å². The van der Waals surface area contributed by atoms with Crippen LogP contribution in [0.15, 0.2) is 11.6 Å². The molecular formula is C28H40O6. The molecule has 0 bridgehead atoms. The molecule has 0 amide bonds. The average molecular weight is 473 g/mol. The molecule has 0 aliphatic heterocycles. The van der Waals surface area contributed by atoms with Crippen LogP contribution in [-0.2, 0) is 0 Å². The molecule has 0 spiro atoms. The predicted octanol–water partition coefficient (Wildman–Crippen LogP) is 5.72. The third-order valence-electron chi connectivity index (χ3n) is 8.41. The van der Waals surface area contributed by atoms with Crippen LogP contribution in [0.4, 0.5) is 0 Å². The fourth-order valence-electron chi connectivity index (χ4n) is 6.57. The van der Waals surface area contributed by atoms with Crippen LogP contribution in [-0.4, -0.2) is 38.6 Å². The minimum absolute atomic E-state index is 0.149. The van der Waals surface area contributed by atoms with Gasteiger partial charge in [0.15, 0.2) is 12.6 Å². The van der Waals surface area contributed by atoms with Crippen LogP contribution in [0.25, 0.3) is 0 Å². The highest BCUT2D eigenvalue weighted by Crippen LogP contribution is 2.58. The van der Waals surface area contributed by atoms with Gasteiger partial charge in [0.1, 0.15) is 17.2 Å². The van der Waals surface area contributed by atoms with Gasteiger partial charge in [0.25, 0.3) is 0 Å². The third-order valence-corrected chi connectivity index (χ3v) is 8.41. The summed E-state index contributed by atoms with van der Waals surface area (Å²) in [7, 11) is 0. The zero-order valence-corrected chi connectivity index (χ0v) is 21.3. The van der Waals surface area contributed by atoms with Gasteiger partial charge in [-0.3, -0.25) is 9.59 Å². The molecule has 0 saturated heterocycles. The number of hydrogen-bond acceptors (Lipinski definition) is 6. The van der Waals surface area contributed by atoms with Gasteiger partial charge in [-0.2, -0.15) is 0 Å². The Morgan fingerprint density at radius 3 is 2.06 bits per heavy atom. The lowest BCUT2D eigenvalue weighted by atomic mass is 9.55. The van der Waals surface area contributed by atoms with E-state index in [-0.39, 0.29) is 40.4 Å². The first-order valence-electron chi connectivity index (χ1n) is 12.4. The number of fused-ring (bicyclic) bond motifs is 1. The number of aromatic hydroxyl groups is 3. The minimum Gasteiger partial charge on any atom is -0.507 e. The second kappa shape index (κ2) is 9.37. The number of aliphatic hydroxyl groups is 1. The molecule has 1 fully saturated rings. The minimum atomic E-state index is -0.778. The smallest absolute Gasteiger partial charge is 0.157 e. The fraction of sp³-hybridized carbons (Fsp3) is 0.643. The highest BCUT2D eigenvalue weighted by molar-refractivity contribution is 5.95. The van der Waals surface area contributed by atoms with Crippen molar-refractivity contribution in [2.45, 2.75) is 85.2 Å². The second-order valence-electron chi connectivity index (χ2n) is 11.7. The molecule has 1 aromatic rings. The normalized spacial score (nSPS) is 28.2. The molecule has 6 heteroatoms. The van der Waals surface area contributed by atoms with E-state index in [0.717, 1.165) is 25.7 Å². The molecule has 0 unspecified atom stereocenters. The Kier molecular flexibility index (Phi) is 7.24. The molecule has 0 radical (unpaired) electrons. The molecule has 188 valence electrons. The molecule has 2 aliphatic carbocycles. The van der Waals surface area contributed by atoms with Crippen molar-refractivity contribution in [2.24, 2.45) is 29.1 Å². The van der Waals surface area contributed by atoms with Crippen molar-refractivity contribution in [3.63, 3.8) is 0 Å². The molecule has 3 rings (SSSR count). The van der Waals surface area contributed by atoms with Crippen LogP contribution in [0.3, 0.4) is 0 Å². The number of phenolic OH excluding ortho intramolecular Hbond substituents is 3. The lowest BCUT2D eigenvalue weighted by Crippen LogP contribution is -2.44. The Hall–Kier alpha value is -2.34.